The van der Waals surface area contributed by atoms with E-state index >= 15 is 0 Å². The lowest BCUT2D eigenvalue weighted by Gasteiger charge is -2.09. The van der Waals surface area contributed by atoms with Crippen molar-refractivity contribution in [2.45, 2.75) is 13.8 Å². The molecule has 6 heteroatoms. The molecular formula is C22H25NO5. The average molecular weight is 383 g/mol. The van der Waals surface area contributed by atoms with E-state index in [1.54, 1.807) is 36.4 Å². The van der Waals surface area contributed by atoms with Gasteiger partial charge in [0.15, 0.2) is 18.1 Å². The van der Waals surface area contributed by atoms with Crippen LogP contribution < -0.4 is 9.47 Å². The van der Waals surface area contributed by atoms with Gasteiger partial charge < -0.3 is 18.8 Å². The van der Waals surface area contributed by atoms with Gasteiger partial charge in [-0.2, -0.15) is 0 Å². The Morgan fingerprint density at radius 3 is 2.54 bits per heavy atom. The van der Waals surface area contributed by atoms with Crippen LogP contribution in [-0.2, 0) is 16.6 Å². The number of carbonyl (C=O) groups excluding carboxylic acids is 2. The van der Waals surface area contributed by atoms with Crippen LogP contribution in [0.15, 0.2) is 43.0 Å². The third-order valence-electron chi connectivity index (χ3n) is 4.38. The number of carbonyl (C=O) groups is 2. The second-order valence-corrected chi connectivity index (χ2v) is 6.22. The van der Waals surface area contributed by atoms with Gasteiger partial charge >= 0.3 is 5.97 Å². The molecule has 0 atom stereocenters. The molecule has 1 aromatic carbocycles. The average Bonchev–Trinajstić information content (AvgIpc) is 2.96. The largest absolute Gasteiger partial charge is 0.493 e. The van der Waals surface area contributed by atoms with E-state index in [4.69, 9.17) is 14.2 Å². The van der Waals surface area contributed by atoms with Crippen molar-refractivity contribution in [3.8, 4) is 11.5 Å². The molecule has 2 aromatic rings. The van der Waals surface area contributed by atoms with Crippen LogP contribution in [0.5, 0.6) is 11.5 Å². The molecule has 0 aliphatic carbocycles. The van der Waals surface area contributed by atoms with E-state index in [1.807, 2.05) is 25.5 Å². The molecule has 0 amide bonds. The van der Waals surface area contributed by atoms with Crippen molar-refractivity contribution >= 4 is 17.8 Å². The summed E-state index contributed by atoms with van der Waals surface area (Å²) < 4.78 is 17.8. The lowest BCUT2D eigenvalue weighted by Crippen LogP contribution is -2.13. The minimum absolute atomic E-state index is 0.228. The molecule has 0 radical (unpaired) electrons. The zero-order valence-corrected chi connectivity index (χ0v) is 16.7. The molecule has 1 heterocycles. The highest BCUT2D eigenvalue weighted by molar-refractivity contribution is 6.00. The Labute approximate surface area is 165 Å². The van der Waals surface area contributed by atoms with Crippen LogP contribution in [0.2, 0.25) is 0 Å². The molecule has 0 aliphatic rings. The minimum atomic E-state index is -0.593. The van der Waals surface area contributed by atoms with Crippen molar-refractivity contribution in [1.82, 2.24) is 4.57 Å². The molecule has 0 spiro atoms. The van der Waals surface area contributed by atoms with E-state index in [2.05, 4.69) is 6.58 Å². The summed E-state index contributed by atoms with van der Waals surface area (Å²) in [5.74, 6) is 0.307. The van der Waals surface area contributed by atoms with Crippen molar-refractivity contribution in [1.29, 1.82) is 0 Å². The monoisotopic (exact) mass is 383 g/mol. The molecule has 0 saturated carbocycles. The van der Waals surface area contributed by atoms with E-state index in [-0.39, 0.29) is 12.4 Å². The molecular weight excluding hydrogens is 358 g/mol. The maximum atomic E-state index is 12.3. The summed E-state index contributed by atoms with van der Waals surface area (Å²) in [5.41, 5.74) is 3.12. The van der Waals surface area contributed by atoms with Gasteiger partial charge in [-0.05, 0) is 43.7 Å². The highest BCUT2D eigenvalue weighted by Crippen LogP contribution is 2.28. The van der Waals surface area contributed by atoms with Gasteiger partial charge in [0, 0.05) is 30.1 Å². The van der Waals surface area contributed by atoms with Crippen molar-refractivity contribution in [2.24, 2.45) is 7.05 Å². The van der Waals surface area contributed by atoms with Crippen LogP contribution in [0.1, 0.15) is 27.3 Å². The van der Waals surface area contributed by atoms with E-state index in [1.165, 1.54) is 13.2 Å². The number of aryl methyl sites for hydroxylation is 1. The fraction of sp³-hybridized carbons (Fsp3) is 0.273. The van der Waals surface area contributed by atoms with Gasteiger partial charge in [0.05, 0.1) is 7.11 Å². The molecule has 6 nitrogen and oxygen atoms in total. The number of ketones is 1. The summed E-state index contributed by atoms with van der Waals surface area (Å²) in [5, 5.41) is 0. The van der Waals surface area contributed by atoms with Gasteiger partial charge in [0.1, 0.15) is 6.61 Å². The highest BCUT2D eigenvalue weighted by atomic mass is 16.5. The standard InChI is InChI=1S/C22H25NO5/c1-6-11-27-20-9-7-17(13-21(20)26-5)8-10-22(25)28-14-19(24)18-12-15(2)23(4)16(18)3/h6-10,12-13H,1,11,14H2,2-5H3/b10-8+. The summed E-state index contributed by atoms with van der Waals surface area (Å²) >= 11 is 0. The quantitative estimate of drug-likeness (QED) is 0.286. The Hall–Kier alpha value is -3.28. The number of benzene rings is 1. The second-order valence-electron chi connectivity index (χ2n) is 6.22. The summed E-state index contributed by atoms with van der Waals surface area (Å²) in [6, 6.07) is 7.07. The highest BCUT2D eigenvalue weighted by Gasteiger charge is 2.15. The van der Waals surface area contributed by atoms with E-state index in [0.29, 0.717) is 23.7 Å². The van der Waals surface area contributed by atoms with Gasteiger partial charge in [-0.3, -0.25) is 4.79 Å². The van der Waals surface area contributed by atoms with E-state index in [9.17, 15) is 9.59 Å². The van der Waals surface area contributed by atoms with Gasteiger partial charge in [0.25, 0.3) is 0 Å². The SMILES string of the molecule is C=CCOc1ccc(/C=C/C(=O)OCC(=O)c2cc(C)n(C)c2C)cc1OC. The first kappa shape index (κ1) is 21.0. The Morgan fingerprint density at radius 2 is 1.93 bits per heavy atom. The molecule has 0 saturated heterocycles. The van der Waals surface area contributed by atoms with Crippen LogP contribution in [0, 0.1) is 13.8 Å². The topological polar surface area (TPSA) is 66.8 Å². The molecule has 2 rings (SSSR count). The minimum Gasteiger partial charge on any atom is -0.493 e. The maximum Gasteiger partial charge on any atom is 0.331 e. The Morgan fingerprint density at radius 1 is 1.18 bits per heavy atom. The van der Waals surface area contributed by atoms with E-state index in [0.717, 1.165) is 17.0 Å². The van der Waals surface area contributed by atoms with E-state index < -0.39 is 5.97 Å². The van der Waals surface area contributed by atoms with Crippen molar-refractivity contribution in [3.63, 3.8) is 0 Å². The lowest BCUT2D eigenvalue weighted by atomic mass is 10.1. The van der Waals surface area contributed by atoms with Crippen LogP contribution in [0.4, 0.5) is 0 Å². The van der Waals surface area contributed by atoms with Crippen LogP contribution in [-0.4, -0.2) is 36.6 Å². The Bertz CT molecular complexity index is 908. The van der Waals surface area contributed by atoms with Crippen molar-refractivity contribution in [3.05, 3.63) is 65.5 Å². The molecule has 28 heavy (non-hydrogen) atoms. The number of ether oxygens (including phenoxy) is 3. The molecule has 0 N–H and O–H groups in total. The molecule has 0 fully saturated rings. The summed E-state index contributed by atoms with van der Waals surface area (Å²) in [4.78, 5) is 24.2. The first-order chi connectivity index (χ1) is 13.4. The number of hydrogen-bond acceptors (Lipinski definition) is 5. The van der Waals surface area contributed by atoms with Crippen LogP contribution >= 0.6 is 0 Å². The van der Waals surface area contributed by atoms with Gasteiger partial charge in [0.2, 0.25) is 5.78 Å². The predicted octanol–water partition coefficient (Wildman–Crippen LogP) is 3.65. The molecule has 148 valence electrons. The third-order valence-corrected chi connectivity index (χ3v) is 4.38. The first-order valence-electron chi connectivity index (χ1n) is 8.80. The molecule has 0 aliphatic heterocycles. The molecule has 0 bridgehead atoms. The summed E-state index contributed by atoms with van der Waals surface area (Å²) in [7, 11) is 3.43. The third kappa shape index (κ3) is 5.13. The smallest absolute Gasteiger partial charge is 0.331 e. The fourth-order valence-corrected chi connectivity index (χ4v) is 2.62. The normalized spacial score (nSPS) is 10.7. The lowest BCUT2D eigenvalue weighted by molar-refractivity contribution is -0.136. The number of rotatable bonds is 9. The summed E-state index contributed by atoms with van der Waals surface area (Å²) in [6.07, 6.45) is 4.50. The molecule has 1 aromatic heterocycles. The maximum absolute atomic E-state index is 12.3. The van der Waals surface area contributed by atoms with Crippen molar-refractivity contribution in [2.75, 3.05) is 20.3 Å². The van der Waals surface area contributed by atoms with Gasteiger partial charge in [-0.25, -0.2) is 4.79 Å². The number of methoxy groups -OCH3 is 1. The molecule has 0 unspecified atom stereocenters. The van der Waals surface area contributed by atoms with Crippen LogP contribution in [0.25, 0.3) is 6.08 Å². The summed E-state index contributed by atoms with van der Waals surface area (Å²) in [6.45, 7) is 7.45. The number of Topliss-reactive ketones (excluding diaryl/α,β-unsaturated/α-hetero) is 1. The fourth-order valence-electron chi connectivity index (χ4n) is 2.62. The van der Waals surface area contributed by atoms with Crippen LogP contribution in [0.3, 0.4) is 0 Å². The number of hydrogen-bond donors (Lipinski definition) is 0. The Kier molecular flexibility index (Phi) is 7.21. The second kappa shape index (κ2) is 9.60. The van der Waals surface area contributed by atoms with Gasteiger partial charge in [-0.1, -0.05) is 18.7 Å². The number of aromatic nitrogens is 1. The number of esters is 1. The first-order valence-corrected chi connectivity index (χ1v) is 8.80. The predicted molar refractivity (Wildman–Crippen MR) is 108 cm³/mol. The van der Waals surface area contributed by atoms with Gasteiger partial charge in [-0.15, -0.1) is 0 Å². The zero-order chi connectivity index (χ0) is 20.7. The zero-order valence-electron chi connectivity index (χ0n) is 16.7. The van der Waals surface area contributed by atoms with Crippen molar-refractivity contribution < 1.29 is 23.8 Å². The number of nitrogens with zero attached hydrogens (tertiary/aromatic N) is 1. The Balaban J connectivity index is 1.96.